The van der Waals surface area contributed by atoms with Crippen LogP contribution in [-0.2, 0) is 20.8 Å². The van der Waals surface area contributed by atoms with Crippen molar-refractivity contribution in [2.75, 3.05) is 11.4 Å². The maximum Gasteiger partial charge on any atom is 0.257 e. The molecule has 1 unspecified atom stereocenters. The Morgan fingerprint density at radius 3 is 2.47 bits per heavy atom. The molecule has 1 atom stereocenters. The summed E-state index contributed by atoms with van der Waals surface area (Å²) in [6.07, 6.45) is 7.37. The Hall–Kier alpha value is -3.43. The molecule has 174 valence electrons. The first-order valence-corrected chi connectivity index (χ1v) is 11.9. The molecule has 1 heterocycles. The topological polar surface area (TPSA) is 81.5 Å². The number of nitrogens with zero attached hydrogens (tertiary/aromatic N) is 3. The van der Waals surface area contributed by atoms with Crippen LogP contribution >= 0.6 is 11.6 Å². The first-order valence-electron chi connectivity index (χ1n) is 11.5. The zero-order valence-electron chi connectivity index (χ0n) is 18.9. The Morgan fingerprint density at radius 2 is 1.82 bits per heavy atom. The first kappa shape index (κ1) is 23.7. The summed E-state index contributed by atoms with van der Waals surface area (Å²) in [5.74, 6) is -0.941. The number of benzene rings is 2. The van der Waals surface area contributed by atoms with Crippen LogP contribution in [0, 0.1) is 11.3 Å². The van der Waals surface area contributed by atoms with E-state index in [2.05, 4.69) is 6.08 Å². The number of amides is 3. The summed E-state index contributed by atoms with van der Waals surface area (Å²) in [5, 5.41) is 9.61. The Bertz CT molecular complexity index is 1150. The fraction of sp³-hybridized carbons (Fsp3) is 0.333. The predicted molar refractivity (Wildman–Crippen MR) is 130 cm³/mol. The maximum absolute atomic E-state index is 13.4. The summed E-state index contributed by atoms with van der Waals surface area (Å²) in [6.45, 7) is 0.392. The average Bonchev–Trinajstić information content (AvgIpc) is 3.15. The minimum Gasteiger partial charge on any atom is -0.329 e. The lowest BCUT2D eigenvalue weighted by Crippen LogP contribution is -2.46. The molecule has 1 aliphatic heterocycles. The van der Waals surface area contributed by atoms with Crippen LogP contribution in [-0.4, -0.2) is 35.2 Å². The van der Waals surface area contributed by atoms with Gasteiger partial charge in [0, 0.05) is 11.6 Å². The van der Waals surface area contributed by atoms with Crippen LogP contribution in [0.15, 0.2) is 60.2 Å². The van der Waals surface area contributed by atoms with Gasteiger partial charge in [0.1, 0.15) is 6.04 Å². The Morgan fingerprint density at radius 1 is 1.09 bits per heavy atom. The van der Waals surface area contributed by atoms with E-state index in [9.17, 15) is 14.4 Å². The van der Waals surface area contributed by atoms with Crippen molar-refractivity contribution >= 4 is 35.0 Å². The van der Waals surface area contributed by atoms with Crippen LogP contribution < -0.4 is 4.90 Å². The largest absolute Gasteiger partial charge is 0.329 e. The second-order valence-corrected chi connectivity index (χ2v) is 9.13. The van der Waals surface area contributed by atoms with Gasteiger partial charge < -0.3 is 4.90 Å². The fourth-order valence-corrected chi connectivity index (χ4v) is 4.67. The molecule has 1 aliphatic carbocycles. The average molecular weight is 476 g/mol. The number of imide groups is 1. The van der Waals surface area contributed by atoms with Crippen LogP contribution in [0.1, 0.15) is 49.7 Å². The van der Waals surface area contributed by atoms with Crippen molar-refractivity contribution in [3.63, 3.8) is 0 Å². The van der Waals surface area contributed by atoms with Crippen LogP contribution in [0.5, 0.6) is 0 Å². The van der Waals surface area contributed by atoms with Gasteiger partial charge >= 0.3 is 0 Å². The van der Waals surface area contributed by atoms with Gasteiger partial charge in [-0.2, -0.15) is 5.26 Å². The van der Waals surface area contributed by atoms with Gasteiger partial charge in [-0.3, -0.25) is 14.4 Å². The Balaban J connectivity index is 1.56. The summed E-state index contributed by atoms with van der Waals surface area (Å²) in [4.78, 5) is 42.3. The summed E-state index contributed by atoms with van der Waals surface area (Å²) in [5.41, 5.74) is 2.96. The number of hydrogen-bond acceptors (Lipinski definition) is 4. The van der Waals surface area contributed by atoms with Crippen molar-refractivity contribution in [2.24, 2.45) is 0 Å². The molecule has 0 saturated carbocycles. The standard InChI is InChI=1S/C27H26ClN3O3/c28-22-10-6-20(7-11-22)16-25(32)30(15-14-19-4-2-1-3-5-19)24-17-26(33)31(27(24)34)23-12-8-21(18-29)9-13-23/h4,6-13,24H,1-3,5,14-17H2. The van der Waals surface area contributed by atoms with Gasteiger partial charge in [0.2, 0.25) is 11.8 Å². The second-order valence-electron chi connectivity index (χ2n) is 8.69. The number of hydrogen-bond donors (Lipinski definition) is 0. The van der Waals surface area contributed by atoms with Gasteiger partial charge in [0.15, 0.2) is 0 Å². The highest BCUT2D eigenvalue weighted by Crippen LogP contribution is 2.28. The maximum atomic E-state index is 13.4. The van der Waals surface area contributed by atoms with Gasteiger partial charge in [-0.25, -0.2) is 4.90 Å². The van der Waals surface area contributed by atoms with Gasteiger partial charge in [-0.05, 0) is 74.1 Å². The highest BCUT2D eigenvalue weighted by atomic mass is 35.5. The number of allylic oxidation sites excluding steroid dienone is 1. The summed E-state index contributed by atoms with van der Waals surface area (Å²) >= 11 is 5.97. The molecule has 2 aromatic carbocycles. The molecular weight excluding hydrogens is 450 g/mol. The number of anilines is 1. The van der Waals surface area contributed by atoms with E-state index in [4.69, 9.17) is 16.9 Å². The SMILES string of the molecule is N#Cc1ccc(N2C(=O)CC(N(CCC3=CCCCC3)C(=O)Cc3ccc(Cl)cc3)C2=O)cc1. The minimum absolute atomic E-state index is 0.0513. The highest BCUT2D eigenvalue weighted by Gasteiger charge is 2.44. The van der Waals surface area contributed by atoms with E-state index in [1.807, 2.05) is 6.07 Å². The third kappa shape index (κ3) is 5.37. The molecule has 0 N–H and O–H groups in total. The zero-order valence-corrected chi connectivity index (χ0v) is 19.6. The number of nitriles is 1. The summed E-state index contributed by atoms with van der Waals surface area (Å²) < 4.78 is 0. The second kappa shape index (κ2) is 10.7. The third-order valence-electron chi connectivity index (χ3n) is 6.40. The molecule has 1 saturated heterocycles. The molecule has 0 aromatic heterocycles. The number of halogens is 1. The van der Waals surface area contributed by atoms with Crippen molar-refractivity contribution in [3.05, 3.63) is 76.3 Å². The smallest absolute Gasteiger partial charge is 0.257 e. The third-order valence-corrected chi connectivity index (χ3v) is 6.65. The molecule has 3 amide bonds. The monoisotopic (exact) mass is 475 g/mol. The van der Waals surface area contributed by atoms with Gasteiger partial charge in [0.05, 0.1) is 30.2 Å². The quantitative estimate of drug-likeness (QED) is 0.425. The molecule has 7 heteroatoms. The Kier molecular flexibility index (Phi) is 7.44. The lowest BCUT2D eigenvalue weighted by atomic mass is 9.96. The number of carbonyl (C=O) groups excluding carboxylic acids is 3. The zero-order chi connectivity index (χ0) is 24.1. The summed E-state index contributed by atoms with van der Waals surface area (Å²) in [7, 11) is 0. The molecule has 0 spiro atoms. The summed E-state index contributed by atoms with van der Waals surface area (Å²) in [6, 6.07) is 14.6. The van der Waals surface area contributed by atoms with Gasteiger partial charge in [-0.1, -0.05) is 35.4 Å². The molecule has 2 aliphatic rings. The lowest BCUT2D eigenvalue weighted by molar-refractivity contribution is -0.137. The van der Waals surface area contributed by atoms with E-state index < -0.39 is 11.9 Å². The van der Waals surface area contributed by atoms with E-state index in [0.29, 0.717) is 29.2 Å². The normalized spacial score (nSPS) is 17.9. The van der Waals surface area contributed by atoms with Crippen molar-refractivity contribution in [2.45, 2.75) is 51.0 Å². The predicted octanol–water partition coefficient (Wildman–Crippen LogP) is 4.81. The molecule has 2 aromatic rings. The van der Waals surface area contributed by atoms with E-state index in [-0.39, 0.29) is 24.7 Å². The van der Waals surface area contributed by atoms with Crippen molar-refractivity contribution in [3.8, 4) is 6.07 Å². The van der Waals surface area contributed by atoms with E-state index in [1.54, 1.807) is 53.4 Å². The molecule has 0 radical (unpaired) electrons. The van der Waals surface area contributed by atoms with E-state index in [1.165, 1.54) is 12.0 Å². The number of carbonyl (C=O) groups is 3. The molecular formula is C27H26ClN3O3. The lowest BCUT2D eigenvalue weighted by Gasteiger charge is -2.29. The first-order chi connectivity index (χ1) is 16.5. The van der Waals surface area contributed by atoms with Crippen molar-refractivity contribution in [1.29, 1.82) is 5.26 Å². The van der Waals surface area contributed by atoms with Crippen molar-refractivity contribution in [1.82, 2.24) is 4.90 Å². The van der Waals surface area contributed by atoms with Gasteiger partial charge in [0.25, 0.3) is 5.91 Å². The van der Waals surface area contributed by atoms with Crippen LogP contribution in [0.4, 0.5) is 5.69 Å². The van der Waals surface area contributed by atoms with E-state index >= 15 is 0 Å². The van der Waals surface area contributed by atoms with Crippen LogP contribution in [0.2, 0.25) is 5.02 Å². The fourth-order valence-electron chi connectivity index (χ4n) is 4.54. The molecule has 34 heavy (non-hydrogen) atoms. The number of rotatable bonds is 7. The van der Waals surface area contributed by atoms with E-state index in [0.717, 1.165) is 29.7 Å². The Labute approximate surface area is 204 Å². The molecule has 6 nitrogen and oxygen atoms in total. The molecule has 4 rings (SSSR count). The molecule has 1 fully saturated rings. The van der Waals surface area contributed by atoms with Crippen LogP contribution in [0.3, 0.4) is 0 Å². The van der Waals surface area contributed by atoms with Crippen molar-refractivity contribution < 1.29 is 14.4 Å². The minimum atomic E-state index is -0.841. The van der Waals surface area contributed by atoms with Gasteiger partial charge in [-0.15, -0.1) is 0 Å². The molecule has 0 bridgehead atoms. The highest BCUT2D eigenvalue weighted by molar-refractivity contribution is 6.30. The van der Waals surface area contributed by atoms with Crippen LogP contribution in [0.25, 0.3) is 0 Å².